The monoisotopic (exact) mass is 239 g/mol. The molecular formula is C13H20O2P+. The van der Waals surface area contributed by atoms with E-state index in [-0.39, 0.29) is 5.71 Å². The van der Waals surface area contributed by atoms with E-state index in [1.807, 2.05) is 57.5 Å². The molecule has 0 atom stereocenters. The Hall–Kier alpha value is -0.880. The van der Waals surface area contributed by atoms with Gasteiger partial charge in [0.1, 0.15) is 5.30 Å². The number of hydrogen-bond donors (Lipinski definition) is 0. The summed E-state index contributed by atoms with van der Waals surface area (Å²) in [5.74, 6) is 0.389. The fourth-order valence-corrected chi connectivity index (χ4v) is 2.83. The van der Waals surface area contributed by atoms with Crippen LogP contribution >= 0.6 is 7.26 Å². The third kappa shape index (κ3) is 3.31. The lowest BCUT2D eigenvalue weighted by atomic mass is 10.2. The van der Waals surface area contributed by atoms with Gasteiger partial charge in [0.15, 0.2) is 7.26 Å². The van der Waals surface area contributed by atoms with E-state index in [0.29, 0.717) is 12.5 Å². The summed E-state index contributed by atoms with van der Waals surface area (Å²) in [4.78, 5) is 12.0. The normalized spacial score (nSPS) is 11.6. The molecule has 1 aromatic rings. The van der Waals surface area contributed by atoms with Gasteiger partial charge in [-0.3, -0.25) is 0 Å². The van der Waals surface area contributed by atoms with E-state index in [2.05, 4.69) is 0 Å². The zero-order chi connectivity index (χ0) is 12.2. The first-order valence-corrected chi connectivity index (χ1v) is 8.20. The molecule has 0 N–H and O–H groups in total. The molecule has 1 rings (SSSR count). The summed E-state index contributed by atoms with van der Waals surface area (Å²) >= 11 is 0. The highest BCUT2D eigenvalue weighted by Crippen LogP contribution is 2.51. The molecule has 0 aliphatic heterocycles. The SMILES string of the molecule is CC(C)COC(=O)[P+](C)(C)c1ccccc1. The fourth-order valence-electron chi connectivity index (χ4n) is 1.31. The van der Waals surface area contributed by atoms with Crippen molar-refractivity contribution in [3.8, 4) is 0 Å². The molecule has 2 nitrogen and oxygen atoms in total. The van der Waals surface area contributed by atoms with E-state index in [1.54, 1.807) is 0 Å². The minimum Gasteiger partial charge on any atom is -0.436 e. The lowest BCUT2D eigenvalue weighted by Gasteiger charge is -2.15. The van der Waals surface area contributed by atoms with Gasteiger partial charge >= 0.3 is 5.71 Å². The second kappa shape index (κ2) is 5.45. The lowest BCUT2D eigenvalue weighted by Crippen LogP contribution is -2.19. The number of rotatable bonds is 4. The summed E-state index contributed by atoms with van der Waals surface area (Å²) in [6.07, 6.45) is 0. The molecule has 0 radical (unpaired) electrons. The number of carbonyl (C=O) groups excluding carboxylic acids is 1. The Morgan fingerprint density at radius 1 is 1.25 bits per heavy atom. The molecule has 0 saturated heterocycles. The Bertz CT molecular complexity index is 344. The number of benzene rings is 1. The second-order valence-corrected chi connectivity index (χ2v) is 8.55. The van der Waals surface area contributed by atoms with Crippen molar-refractivity contribution in [1.82, 2.24) is 0 Å². The fraction of sp³-hybridized carbons (Fsp3) is 0.462. The van der Waals surface area contributed by atoms with Crippen molar-refractivity contribution < 1.29 is 9.53 Å². The van der Waals surface area contributed by atoms with Gasteiger partial charge in [0.05, 0.1) is 19.9 Å². The lowest BCUT2D eigenvalue weighted by molar-refractivity contribution is 0.159. The standard InChI is InChI=1S/C13H20O2P/c1-11(2)10-15-13(14)16(3,4)12-8-6-5-7-9-12/h5-9,11H,10H2,1-4H3/q+1. The predicted molar refractivity (Wildman–Crippen MR) is 71.0 cm³/mol. The molecule has 0 heterocycles. The molecule has 0 aromatic heterocycles. The average Bonchev–Trinajstić information content (AvgIpc) is 2.27. The predicted octanol–water partition coefficient (Wildman–Crippen LogP) is 3.38. The highest BCUT2D eigenvalue weighted by Gasteiger charge is 2.40. The Labute approximate surface area is 98.3 Å². The molecule has 0 bridgehead atoms. The van der Waals surface area contributed by atoms with Gasteiger partial charge in [0.25, 0.3) is 0 Å². The van der Waals surface area contributed by atoms with Crippen LogP contribution in [-0.4, -0.2) is 25.6 Å². The first kappa shape index (κ1) is 13.2. The molecule has 0 aliphatic rings. The Morgan fingerprint density at radius 2 is 1.81 bits per heavy atom. The van der Waals surface area contributed by atoms with Gasteiger partial charge in [-0.2, -0.15) is 0 Å². The molecule has 3 heteroatoms. The molecule has 0 aliphatic carbocycles. The molecule has 0 spiro atoms. The van der Waals surface area contributed by atoms with E-state index in [0.717, 1.165) is 5.30 Å². The zero-order valence-electron chi connectivity index (χ0n) is 10.4. The van der Waals surface area contributed by atoms with Crippen molar-refractivity contribution in [2.45, 2.75) is 13.8 Å². The van der Waals surface area contributed by atoms with Crippen molar-refractivity contribution >= 4 is 18.3 Å². The smallest absolute Gasteiger partial charge is 0.436 e. The summed E-state index contributed by atoms with van der Waals surface area (Å²) in [5.41, 5.74) is -0.0487. The topological polar surface area (TPSA) is 26.3 Å². The summed E-state index contributed by atoms with van der Waals surface area (Å²) in [6.45, 7) is 8.60. The van der Waals surface area contributed by atoms with Crippen LogP contribution < -0.4 is 5.30 Å². The van der Waals surface area contributed by atoms with Crippen LogP contribution in [0.5, 0.6) is 0 Å². The zero-order valence-corrected chi connectivity index (χ0v) is 11.3. The van der Waals surface area contributed by atoms with Gasteiger partial charge in [-0.05, 0) is 18.1 Å². The van der Waals surface area contributed by atoms with Gasteiger partial charge in [-0.25, -0.2) is 4.79 Å². The second-order valence-electron chi connectivity index (χ2n) is 4.76. The summed E-state index contributed by atoms with van der Waals surface area (Å²) in [6, 6.07) is 9.90. The Morgan fingerprint density at radius 3 is 2.31 bits per heavy atom. The first-order valence-electron chi connectivity index (χ1n) is 5.51. The number of ether oxygens (including phenoxy) is 1. The highest BCUT2D eigenvalue weighted by atomic mass is 31.2. The van der Waals surface area contributed by atoms with Crippen LogP contribution in [-0.2, 0) is 4.74 Å². The van der Waals surface area contributed by atoms with Crippen LogP contribution in [0, 0.1) is 5.92 Å². The van der Waals surface area contributed by atoms with Crippen LogP contribution in [0.3, 0.4) is 0 Å². The van der Waals surface area contributed by atoms with Crippen LogP contribution in [0.2, 0.25) is 0 Å². The molecule has 0 saturated carbocycles. The first-order chi connectivity index (χ1) is 7.44. The number of hydrogen-bond acceptors (Lipinski definition) is 2. The summed E-state index contributed by atoms with van der Waals surface area (Å²) in [5, 5.41) is 1.10. The van der Waals surface area contributed by atoms with Crippen molar-refractivity contribution in [2.24, 2.45) is 5.92 Å². The van der Waals surface area contributed by atoms with Gasteiger partial charge in [0, 0.05) is 0 Å². The summed E-state index contributed by atoms with van der Waals surface area (Å²) < 4.78 is 5.33. The average molecular weight is 239 g/mol. The van der Waals surface area contributed by atoms with Crippen LogP contribution in [0.1, 0.15) is 13.8 Å². The van der Waals surface area contributed by atoms with Crippen LogP contribution in [0.25, 0.3) is 0 Å². The van der Waals surface area contributed by atoms with Gasteiger partial charge in [0.2, 0.25) is 0 Å². The van der Waals surface area contributed by atoms with Gasteiger partial charge in [-0.15, -0.1) is 0 Å². The van der Waals surface area contributed by atoms with Gasteiger partial charge in [-0.1, -0.05) is 32.0 Å². The third-order valence-electron chi connectivity index (χ3n) is 2.40. The molecule has 0 fully saturated rings. The molecule has 16 heavy (non-hydrogen) atoms. The van der Waals surface area contributed by atoms with E-state index in [9.17, 15) is 4.79 Å². The molecule has 88 valence electrons. The Balaban J connectivity index is 2.74. The van der Waals surface area contributed by atoms with E-state index in [1.165, 1.54) is 0 Å². The quantitative estimate of drug-likeness (QED) is 0.753. The van der Waals surface area contributed by atoms with Crippen molar-refractivity contribution in [1.29, 1.82) is 0 Å². The Kier molecular flexibility index (Phi) is 4.49. The van der Waals surface area contributed by atoms with Crippen LogP contribution in [0.4, 0.5) is 4.79 Å². The van der Waals surface area contributed by atoms with Crippen molar-refractivity contribution in [2.75, 3.05) is 19.9 Å². The largest absolute Gasteiger partial charge is 0.455 e. The minimum absolute atomic E-state index is 0.0487. The van der Waals surface area contributed by atoms with Crippen LogP contribution in [0.15, 0.2) is 30.3 Å². The number of carbonyl (C=O) groups is 1. The van der Waals surface area contributed by atoms with E-state index < -0.39 is 7.26 Å². The van der Waals surface area contributed by atoms with E-state index >= 15 is 0 Å². The molecule has 1 aromatic carbocycles. The van der Waals surface area contributed by atoms with Gasteiger partial charge < -0.3 is 4.74 Å². The van der Waals surface area contributed by atoms with Crippen molar-refractivity contribution in [3.05, 3.63) is 30.3 Å². The van der Waals surface area contributed by atoms with E-state index in [4.69, 9.17) is 4.74 Å². The molecule has 0 unspecified atom stereocenters. The minimum atomic E-state index is -1.80. The summed E-state index contributed by atoms with van der Waals surface area (Å²) in [7, 11) is -1.80. The third-order valence-corrected chi connectivity index (χ3v) is 5.03. The maximum Gasteiger partial charge on any atom is 0.455 e. The maximum absolute atomic E-state index is 12.0. The maximum atomic E-state index is 12.0. The highest BCUT2D eigenvalue weighted by molar-refractivity contribution is 7.95. The van der Waals surface area contributed by atoms with Crippen molar-refractivity contribution in [3.63, 3.8) is 0 Å². The molecular weight excluding hydrogens is 219 g/mol. The molecule has 0 amide bonds.